The fraction of sp³-hybridized carbons (Fsp3) is 0.381. The summed E-state index contributed by atoms with van der Waals surface area (Å²) in [4.78, 5) is 32.4. The van der Waals surface area contributed by atoms with Crippen molar-refractivity contribution >= 4 is 40.7 Å². The Labute approximate surface area is 314 Å². The van der Waals surface area contributed by atoms with Crippen molar-refractivity contribution < 1.29 is 24.2 Å². The summed E-state index contributed by atoms with van der Waals surface area (Å²) >= 11 is 13.0. The lowest BCUT2D eigenvalue weighted by atomic mass is 9.63. The number of hydrogen-bond acceptors (Lipinski definition) is 5. The molecule has 0 aromatic heterocycles. The van der Waals surface area contributed by atoms with Crippen LogP contribution in [0.4, 0.5) is 10.1 Å². The normalized spacial score (nSPS) is 27.0. The van der Waals surface area contributed by atoms with Gasteiger partial charge in [0.15, 0.2) is 0 Å². The number of amides is 2. The number of benzene rings is 4. The lowest BCUT2D eigenvalue weighted by Crippen LogP contribution is -2.53. The van der Waals surface area contributed by atoms with Crippen LogP contribution in [0.15, 0.2) is 97.1 Å². The Morgan fingerprint density at radius 3 is 2.25 bits per heavy atom. The second-order valence-corrected chi connectivity index (χ2v) is 15.7. The van der Waals surface area contributed by atoms with Gasteiger partial charge in [-0.2, -0.15) is 0 Å². The largest absolute Gasteiger partial charge is 0.393 e. The van der Waals surface area contributed by atoms with Crippen molar-refractivity contribution in [3.8, 4) is 0 Å². The van der Waals surface area contributed by atoms with E-state index in [4.69, 9.17) is 23.2 Å². The van der Waals surface area contributed by atoms with Gasteiger partial charge in [-0.25, -0.2) is 4.39 Å². The topological polar surface area (TPSA) is 102 Å². The third-order valence-electron chi connectivity index (χ3n) is 11.3. The summed E-state index contributed by atoms with van der Waals surface area (Å²) in [6.07, 6.45) is 1.09. The van der Waals surface area contributed by atoms with Crippen LogP contribution in [0.3, 0.4) is 0 Å². The number of likely N-dealkylation sites (tertiary alicyclic amines) is 1. The summed E-state index contributed by atoms with van der Waals surface area (Å²) in [7, 11) is 0. The van der Waals surface area contributed by atoms with Gasteiger partial charge in [0.2, 0.25) is 11.8 Å². The summed E-state index contributed by atoms with van der Waals surface area (Å²) in [6.45, 7) is 4.12. The predicted octanol–water partition coefficient (Wildman–Crippen LogP) is 8.10. The van der Waals surface area contributed by atoms with E-state index in [1.54, 1.807) is 24.3 Å². The molecule has 4 aromatic rings. The molecule has 7 nitrogen and oxygen atoms in total. The Morgan fingerprint density at radius 1 is 0.942 bits per heavy atom. The molecule has 10 heteroatoms. The number of aliphatic hydroxyl groups excluding tert-OH is 2. The Kier molecular flexibility index (Phi) is 10.5. The van der Waals surface area contributed by atoms with Crippen molar-refractivity contribution in [3.63, 3.8) is 0 Å². The number of anilines is 1. The first-order valence-corrected chi connectivity index (χ1v) is 18.9. The molecule has 1 saturated heterocycles. The molecule has 0 radical (unpaired) electrons. The number of fused-ring (bicyclic) bond motifs is 2. The zero-order valence-electron chi connectivity index (χ0n) is 29.2. The SMILES string of the molecule is CC(C)C[C@H]1N([C@H](c2ccccc2)[C@@H](O)c2ccccc2)[C@@H](C(=O)N[C@H]2CC[C@H](O)CC2)[C@H](c2cccc(Cl)c2F)[C@@]12C(=O)Nc1cc(Cl)ccc12. The first-order valence-electron chi connectivity index (χ1n) is 18.1. The highest BCUT2D eigenvalue weighted by molar-refractivity contribution is 6.31. The van der Waals surface area contributed by atoms with Crippen LogP contribution in [0.1, 0.15) is 86.3 Å². The second kappa shape index (κ2) is 14.9. The van der Waals surface area contributed by atoms with Crippen LogP contribution in [0.2, 0.25) is 10.0 Å². The smallest absolute Gasteiger partial charge is 0.238 e. The van der Waals surface area contributed by atoms with Gasteiger partial charge in [0.05, 0.1) is 29.3 Å². The minimum Gasteiger partial charge on any atom is -0.393 e. The molecule has 1 aliphatic carbocycles. The highest BCUT2D eigenvalue weighted by Gasteiger charge is 2.70. The van der Waals surface area contributed by atoms with Gasteiger partial charge >= 0.3 is 0 Å². The fourth-order valence-corrected chi connectivity index (χ4v) is 9.47. The number of nitrogens with one attached hydrogen (secondary N) is 2. The molecule has 0 unspecified atom stereocenters. The van der Waals surface area contributed by atoms with Gasteiger partial charge in [0.25, 0.3) is 0 Å². The van der Waals surface area contributed by atoms with Gasteiger partial charge in [-0.1, -0.05) is 116 Å². The quantitative estimate of drug-likeness (QED) is 0.139. The number of carbonyl (C=O) groups is 2. The van der Waals surface area contributed by atoms with E-state index >= 15 is 14.0 Å². The monoisotopic (exact) mass is 743 g/mol. The Hall–Kier alpha value is -3.79. The van der Waals surface area contributed by atoms with Crippen molar-refractivity contribution in [1.29, 1.82) is 0 Å². The molecule has 6 atom stereocenters. The number of nitrogens with zero attached hydrogens (tertiary/aromatic N) is 1. The zero-order chi connectivity index (χ0) is 36.7. The first kappa shape index (κ1) is 36.6. The molecular weight excluding hydrogens is 700 g/mol. The number of carbonyl (C=O) groups excluding carboxylic acids is 2. The van der Waals surface area contributed by atoms with Crippen LogP contribution in [0, 0.1) is 11.7 Å². The number of aliphatic hydroxyl groups is 2. The van der Waals surface area contributed by atoms with E-state index in [1.165, 1.54) is 6.07 Å². The van der Waals surface area contributed by atoms with E-state index in [0.29, 0.717) is 53.9 Å². The molecule has 7 rings (SSSR count). The van der Waals surface area contributed by atoms with Crippen LogP contribution in [-0.2, 0) is 15.0 Å². The molecule has 1 saturated carbocycles. The maximum Gasteiger partial charge on any atom is 0.238 e. The van der Waals surface area contributed by atoms with Crippen molar-refractivity contribution in [2.75, 3.05) is 5.32 Å². The summed E-state index contributed by atoms with van der Waals surface area (Å²) in [5, 5.41) is 29.5. The Morgan fingerprint density at radius 2 is 1.60 bits per heavy atom. The summed E-state index contributed by atoms with van der Waals surface area (Å²) in [6, 6.07) is 25.8. The molecule has 2 aliphatic heterocycles. The first-order chi connectivity index (χ1) is 25.0. The van der Waals surface area contributed by atoms with Gasteiger partial charge in [0.1, 0.15) is 11.2 Å². The Balaban J connectivity index is 1.55. The molecule has 2 heterocycles. The highest BCUT2D eigenvalue weighted by Crippen LogP contribution is 2.62. The number of halogens is 3. The third kappa shape index (κ3) is 6.43. The lowest BCUT2D eigenvalue weighted by Gasteiger charge is -2.43. The average molecular weight is 745 g/mol. The van der Waals surface area contributed by atoms with Crippen LogP contribution < -0.4 is 10.6 Å². The van der Waals surface area contributed by atoms with Gasteiger partial charge < -0.3 is 20.8 Å². The van der Waals surface area contributed by atoms with Gasteiger partial charge in [-0.3, -0.25) is 14.5 Å². The average Bonchev–Trinajstić information content (AvgIpc) is 3.58. The van der Waals surface area contributed by atoms with Gasteiger partial charge in [0, 0.05) is 28.7 Å². The molecule has 3 aliphatic rings. The second-order valence-electron chi connectivity index (χ2n) is 14.9. The van der Waals surface area contributed by atoms with Crippen LogP contribution in [0.25, 0.3) is 0 Å². The van der Waals surface area contributed by atoms with Crippen molar-refractivity contribution in [1.82, 2.24) is 10.2 Å². The van der Waals surface area contributed by atoms with Crippen LogP contribution in [-0.4, -0.2) is 51.2 Å². The molecule has 4 N–H and O–H groups in total. The molecule has 4 aromatic carbocycles. The third-order valence-corrected chi connectivity index (χ3v) is 11.8. The summed E-state index contributed by atoms with van der Waals surface area (Å²) in [5.41, 5.74) is 1.11. The van der Waals surface area contributed by atoms with Gasteiger partial charge in [-0.15, -0.1) is 0 Å². The van der Waals surface area contributed by atoms with Crippen molar-refractivity contribution in [2.24, 2.45) is 5.92 Å². The number of hydrogen-bond donors (Lipinski definition) is 4. The maximum atomic E-state index is 16.7. The predicted molar refractivity (Wildman–Crippen MR) is 202 cm³/mol. The van der Waals surface area contributed by atoms with E-state index in [9.17, 15) is 10.2 Å². The van der Waals surface area contributed by atoms with E-state index < -0.39 is 47.5 Å². The fourth-order valence-electron chi connectivity index (χ4n) is 9.12. The van der Waals surface area contributed by atoms with E-state index in [2.05, 4.69) is 24.5 Å². The minimum absolute atomic E-state index is 0.0188. The summed E-state index contributed by atoms with van der Waals surface area (Å²) < 4.78 is 16.7. The highest BCUT2D eigenvalue weighted by atomic mass is 35.5. The Bertz CT molecular complexity index is 1920. The number of rotatable bonds is 9. The zero-order valence-corrected chi connectivity index (χ0v) is 30.7. The lowest BCUT2D eigenvalue weighted by molar-refractivity contribution is -0.130. The van der Waals surface area contributed by atoms with E-state index in [0.717, 1.165) is 5.56 Å². The van der Waals surface area contributed by atoms with Crippen molar-refractivity contribution in [2.45, 2.75) is 93.7 Å². The molecule has 52 heavy (non-hydrogen) atoms. The van der Waals surface area contributed by atoms with Crippen LogP contribution in [0.5, 0.6) is 0 Å². The molecule has 2 amide bonds. The summed E-state index contributed by atoms with van der Waals surface area (Å²) in [5.74, 6) is -2.52. The molecule has 272 valence electrons. The van der Waals surface area contributed by atoms with Gasteiger partial charge in [-0.05, 0) is 78.5 Å². The molecule has 0 bridgehead atoms. The molecular formula is C42H44Cl2FN3O4. The van der Waals surface area contributed by atoms with Crippen molar-refractivity contribution in [3.05, 3.63) is 135 Å². The standard InChI is InChI=1S/C42H44Cl2FN3O4/c1-24(2)22-34-42(31-21-16-27(43)23-33(31)47-41(42)52)35(30-14-9-15-32(44)36(30)45)38(40(51)46-28-17-19-29(49)20-18-28)48(34)37(25-10-5-3-6-11-25)39(50)26-12-7-4-8-13-26/h3-16,21,23-24,28-29,34-35,37-39,49-50H,17-20,22H2,1-2H3,(H,46,51)(H,47,52)/t28-,29-,34-,35+,37-,38-,39+,42+/m1/s1. The molecule has 1 spiro atoms. The minimum atomic E-state index is -1.51. The van der Waals surface area contributed by atoms with Crippen LogP contribution >= 0.6 is 23.2 Å². The van der Waals surface area contributed by atoms with E-state index in [1.807, 2.05) is 71.6 Å². The maximum absolute atomic E-state index is 16.7. The van der Waals surface area contributed by atoms with E-state index in [-0.39, 0.29) is 34.4 Å². The molecule has 2 fully saturated rings.